The van der Waals surface area contributed by atoms with E-state index in [0.717, 1.165) is 34.6 Å². The number of nitrogens with one attached hydrogen (secondary N) is 4. The van der Waals surface area contributed by atoms with Gasteiger partial charge in [0, 0.05) is 137 Å². The number of thioether (sulfide) groups is 4. The van der Waals surface area contributed by atoms with Gasteiger partial charge in [0.1, 0.15) is 71.9 Å². The molecule has 8 heterocycles. The summed E-state index contributed by atoms with van der Waals surface area (Å²) in [6, 6.07) is -33.2. The van der Waals surface area contributed by atoms with E-state index in [-0.39, 0.29) is 72.6 Å². The van der Waals surface area contributed by atoms with Crippen molar-refractivity contribution in [1.29, 1.82) is 0 Å². The number of aliphatic hydroxyl groups excluding tert-OH is 2. The number of rotatable bonds is 40. The molecule has 8 aliphatic carbocycles. The minimum absolute atomic E-state index is 0.0119. The second-order valence-electron chi connectivity index (χ2n) is 29.4. The summed E-state index contributed by atoms with van der Waals surface area (Å²) in [6.07, 6.45) is -79.9. The van der Waals surface area contributed by atoms with Crippen LogP contribution in [0.1, 0.15) is 287 Å². The van der Waals surface area contributed by atoms with E-state index in [1.54, 1.807) is 0 Å². The Labute approximate surface area is 936 Å². The van der Waals surface area contributed by atoms with Gasteiger partial charge >= 0.3 is 0 Å². The van der Waals surface area contributed by atoms with Gasteiger partial charge in [-0.2, -0.15) is 0 Å². The molecule has 12 aromatic rings. The van der Waals surface area contributed by atoms with Gasteiger partial charge in [-0.25, -0.2) is 76.2 Å². The topological polar surface area (TPSA) is 554 Å². The summed E-state index contributed by atoms with van der Waals surface area (Å²) in [4.78, 5) is 32.5. The molecule has 8 aromatic heterocycles. The molecule has 0 spiro atoms. The van der Waals surface area contributed by atoms with E-state index >= 15 is 0 Å². The fourth-order valence-electron chi connectivity index (χ4n) is 12.7. The van der Waals surface area contributed by atoms with Crippen molar-refractivity contribution in [2.45, 2.75) is 297 Å². The van der Waals surface area contributed by atoms with E-state index < -0.39 is 495 Å². The van der Waals surface area contributed by atoms with Crippen molar-refractivity contribution in [3.63, 3.8) is 0 Å². The van der Waals surface area contributed by atoms with Crippen molar-refractivity contribution < 1.29 is 188 Å². The number of nitrogens with zero attached hydrogens (tertiary/aromatic N) is 20. The summed E-state index contributed by atoms with van der Waals surface area (Å²) in [5, 5.41) is 164. The van der Waals surface area contributed by atoms with Gasteiger partial charge in [0.15, 0.2) is 88.6 Å². The Kier molecular flexibility index (Phi) is 16.8. The zero-order valence-electron chi connectivity index (χ0n) is 141. The van der Waals surface area contributed by atoms with Crippen LogP contribution in [0.15, 0.2) is 93.1 Å². The highest BCUT2D eigenvalue weighted by molar-refractivity contribution is 7.99. The van der Waals surface area contributed by atoms with Gasteiger partial charge in [0.05, 0.1) is 150 Å². The predicted molar refractivity (Wildman–Crippen MR) is 530 cm³/mol. The number of fused-ring (bicyclic) bond motifs is 4. The van der Waals surface area contributed by atoms with Gasteiger partial charge < -0.3 is 101 Å². The minimum atomic E-state index is -4.44. The smallest absolute Gasteiger partial charge is 0.191 e. The Hall–Kier alpha value is -9.52. The molecule has 0 bridgehead atoms. The molecule has 48 heteroatoms. The molecule has 8 fully saturated rings. The molecule has 8 saturated carbocycles. The zero-order valence-corrected chi connectivity index (χ0v) is 78.1. The van der Waals surface area contributed by atoms with Crippen molar-refractivity contribution in [2.75, 3.05) is 96.8 Å². The van der Waals surface area contributed by atoms with Crippen LogP contribution >= 0.6 is 47.0 Å². The lowest BCUT2D eigenvalue weighted by atomic mass is 10.1. The number of aliphatic hydroxyl groups is 12. The molecule has 776 valence electrons. The Morgan fingerprint density at radius 1 is 0.361 bits per heavy atom. The first kappa shape index (κ1) is 51.1. The van der Waals surface area contributed by atoms with Crippen LogP contribution in [0.3, 0.4) is 0 Å². The average molecular weight is 2140 g/mol. The van der Waals surface area contributed by atoms with E-state index in [4.69, 9.17) is 99.9 Å². The molecule has 20 rings (SSSR count). The molecule has 0 unspecified atom stereocenters. The van der Waals surface area contributed by atoms with Crippen LogP contribution in [-0.4, -0.2) is 334 Å². The summed E-state index contributed by atoms with van der Waals surface area (Å²) < 4.78 is 631. The third-order valence-corrected chi connectivity index (χ3v) is 22.8. The van der Waals surface area contributed by atoms with E-state index in [0.29, 0.717) is 23.5 Å². The van der Waals surface area contributed by atoms with E-state index in [1.807, 2.05) is 0 Å². The first-order valence-corrected chi connectivity index (χ1v) is 45.0. The number of hydrogen-bond donors (Lipinski definition) is 16. The molecular weight excluding hydrogens is 1950 g/mol. The lowest BCUT2D eigenvalue weighted by Crippen LogP contribution is -2.33. The first-order valence-electron chi connectivity index (χ1n) is 74.8. The maximum Gasteiger partial charge on any atom is 0.191 e. The molecular formula is C96H124F4N24O16S4. The van der Waals surface area contributed by atoms with Gasteiger partial charge in [-0.3, -0.25) is 0 Å². The largest absolute Gasteiger partial charge is 0.394 e. The number of benzene rings is 4. The number of ether oxygens (including phenoxy) is 4. The highest BCUT2D eigenvalue weighted by Crippen LogP contribution is 2.50. The van der Waals surface area contributed by atoms with Crippen LogP contribution in [0.25, 0.3) is 44.7 Å². The number of halogens is 4. The van der Waals surface area contributed by atoms with E-state index in [9.17, 15) is 78.8 Å². The van der Waals surface area contributed by atoms with Crippen molar-refractivity contribution in [3.05, 3.63) is 140 Å². The quantitative estimate of drug-likeness (QED) is 0.00969. The van der Waals surface area contributed by atoms with Crippen LogP contribution in [0, 0.1) is 51.0 Å². The summed E-state index contributed by atoms with van der Waals surface area (Å²) in [7, 11) is 0. The third kappa shape index (κ3) is 23.8. The third-order valence-electron chi connectivity index (χ3n) is 19.8. The van der Waals surface area contributed by atoms with Crippen LogP contribution in [0.2, 0.25) is 0 Å². The SMILES string of the molecule is [2H]c1c([2H])c([C@@]2([2H])[C@H](Nc3nc(SC([2H])([2H])C([2H])([2H])C)nc4c3nnn4[C@]3([2H])C([2H])([2H])[C@]([2H])(OCCO)[C@@]([2H])(O)[C@@]3([2H])O)C2([2H])[2H])c([2H])c(F)c1C.[2H]c1c([2H])c([C@@]2([2H])[C@H](Nc3nc(SC([2H])([2H])CC)nc4c3nnn4[C@]3([2H])C([2H])([2H])[C@]([2H])(OC([2H])([2H])C([2H])([2H])O)[C@@]([2H])(O)[C@@]3([2H])O)C2([2H])[2H])c([2H])c(F)c1C.[2H]c1c([2H])c([C@@]2([2H])[C@H](Nc3nc(SC([2H])([2H])CC)nc4c3nnn4[C@]3([2H])C([2H])([2H])[C@]([2H])(OC([2H])([2H])CO)[C@@]([2H])(O)[C@@]3([2H])O)C2([2H])[2H])c([2H])c(F)c1C.[2H]c1c([2H])c([C@@]2([2H])[C@H](Nc3nc(SC([2H])([2H])CC)nc4c3nnn4[C@]3([2H])C([2H])([2H])[C@]([2H])(OCC([2H])([2H])O)[C@@]([2H])(O)[C@@]3([2H])O)C2([2H])[2H])c([2H])c(F)c1C. The molecule has 0 amide bonds. The fourth-order valence-corrected chi connectivity index (χ4v) is 14.8. The molecule has 0 aliphatic heterocycles. The lowest BCUT2D eigenvalue weighted by Gasteiger charge is -2.17. The zero-order chi connectivity index (χ0) is 161. The standard InChI is InChI=1S/4C24H31FN6O4S/c4*1-3-8-36-24-27-22(26-16-10-14(16)13-5-4-12(2)15(25)9-13)19-23(28-24)31(30-29-19)17-11-18(35-7-6-32)21(34)20(17)33/h4*4-5,9,14,16-18,20-21,32-34H,3,6-8,10-11H2,1-2H3,(H,26,27,28)/t4*14-,16+,17+,18-,20-,21+/m0000/s1/i4D,5D,6D2,7D2,8D2,9D,10D2,11D2,14D,17D,18D,20D,21D;4D,5D,7D2,8D2,9D,10D2,11D2,14D,17D,18D,20D,21D;4D,5D,6D2,8D2,9D,10D2,11D2,14D,17D,18D,20D,21D;3D2,4D,5D,8D2,9D,10D2,11D2,14D,17D,18D,20D,21D. The Balaban J connectivity index is 0.000000180. The van der Waals surface area contributed by atoms with Gasteiger partial charge in [-0.05, 0) is 147 Å². The maximum absolute atomic E-state index is 14.9. The van der Waals surface area contributed by atoms with Gasteiger partial charge in [0.2, 0.25) is 0 Å². The van der Waals surface area contributed by atoms with Crippen molar-refractivity contribution in [1.82, 2.24) is 99.8 Å². The molecule has 144 heavy (non-hydrogen) atoms. The maximum atomic E-state index is 14.9. The molecule has 0 radical (unpaired) electrons. The highest BCUT2D eigenvalue weighted by Gasteiger charge is 2.51. The Morgan fingerprint density at radius 2 is 0.632 bits per heavy atom. The summed E-state index contributed by atoms with van der Waals surface area (Å²) >= 11 is 0.968. The Bertz CT molecular complexity index is 10100. The molecule has 40 nitrogen and oxygen atoms in total. The lowest BCUT2D eigenvalue weighted by molar-refractivity contribution is -0.0629. The van der Waals surface area contributed by atoms with Crippen molar-refractivity contribution in [3.8, 4) is 0 Å². The summed E-state index contributed by atoms with van der Waals surface area (Å²) in [5.74, 6) is -18.3. The summed E-state index contributed by atoms with van der Waals surface area (Å²) in [6.45, 7) is -10.1. The fraction of sp³-hybridized carbons (Fsp3) is 0.583. The molecule has 16 N–H and O–H groups in total. The first-order chi connectivity index (χ1) is 94.2. The number of anilines is 4. The van der Waals surface area contributed by atoms with Crippen LogP contribution in [0.5, 0.6) is 0 Å². The van der Waals surface area contributed by atoms with E-state index in [1.165, 1.54) is 20.8 Å². The number of aromatic nitrogens is 20. The molecule has 8 aliphatic rings. The average Bonchev–Trinajstić information content (AvgIpc) is 1.47. The predicted octanol–water partition coefficient (Wildman–Crippen LogP) is 8.73. The van der Waals surface area contributed by atoms with E-state index in [2.05, 4.69) is 112 Å². The van der Waals surface area contributed by atoms with Crippen LogP contribution < -0.4 is 21.3 Å². The second-order valence-corrected chi connectivity index (χ2v) is 32.8. The Morgan fingerprint density at radius 3 is 0.889 bits per heavy atom. The number of hydrogen-bond acceptors (Lipinski definition) is 40. The summed E-state index contributed by atoms with van der Waals surface area (Å²) in [5.41, 5.74) is -20.3. The highest BCUT2D eigenvalue weighted by atomic mass is 32.2. The monoisotopic (exact) mass is 2140 g/mol. The second kappa shape index (κ2) is 47.3. The molecule has 24 atom stereocenters. The normalized spacial score (nSPS) is 48.2. The van der Waals surface area contributed by atoms with Crippen molar-refractivity contribution in [2.24, 2.45) is 0 Å². The molecule has 4 aromatic carbocycles. The van der Waals surface area contributed by atoms with Crippen LogP contribution in [0.4, 0.5) is 40.8 Å². The van der Waals surface area contributed by atoms with Gasteiger partial charge in [0.25, 0.3) is 0 Å². The van der Waals surface area contributed by atoms with Crippen molar-refractivity contribution >= 4 is 115 Å². The van der Waals surface area contributed by atoms with Gasteiger partial charge in [-0.1, -0.05) is 144 Å². The molecule has 0 saturated heterocycles. The van der Waals surface area contributed by atoms with Crippen LogP contribution in [-0.2, 0) is 18.9 Å². The van der Waals surface area contributed by atoms with Gasteiger partial charge in [-0.15, -0.1) is 20.4 Å². The minimum Gasteiger partial charge on any atom is -0.394 e.